The van der Waals surface area contributed by atoms with E-state index in [0.717, 1.165) is 12.1 Å². The molecule has 3 heteroatoms. The standard InChI is InChI=1S/C17H17NO2/c1-3-18-16-7-5-4-6-14(16)15-9-8-13(10-17(15)18)11-20-12(2)19/h4-10H,3,11H2,1-2H3. The van der Waals surface area contributed by atoms with Crippen LogP contribution in [0, 0.1) is 0 Å². The number of hydrogen-bond acceptors (Lipinski definition) is 2. The summed E-state index contributed by atoms with van der Waals surface area (Å²) in [6.45, 7) is 4.82. The molecule has 0 aliphatic heterocycles. The SMILES string of the molecule is CCn1c2ccccc2c2ccc(COC(C)=O)cc21. The van der Waals surface area contributed by atoms with Crippen LogP contribution in [0.2, 0.25) is 0 Å². The van der Waals surface area contributed by atoms with E-state index in [2.05, 4.69) is 47.9 Å². The summed E-state index contributed by atoms with van der Waals surface area (Å²) in [4.78, 5) is 10.9. The van der Waals surface area contributed by atoms with Crippen LogP contribution in [0.4, 0.5) is 0 Å². The summed E-state index contributed by atoms with van der Waals surface area (Å²) in [6, 6.07) is 14.7. The van der Waals surface area contributed by atoms with Gasteiger partial charge in [-0.2, -0.15) is 0 Å². The minimum atomic E-state index is -0.249. The van der Waals surface area contributed by atoms with Crippen molar-refractivity contribution in [3.63, 3.8) is 0 Å². The van der Waals surface area contributed by atoms with Gasteiger partial charge in [0.25, 0.3) is 0 Å². The summed E-state index contributed by atoms with van der Waals surface area (Å²) in [7, 11) is 0. The highest BCUT2D eigenvalue weighted by Crippen LogP contribution is 2.29. The van der Waals surface area contributed by atoms with Crippen LogP contribution in [-0.2, 0) is 22.7 Å². The second-order valence-electron chi connectivity index (χ2n) is 4.89. The number of carbonyl (C=O) groups is 1. The molecular weight excluding hydrogens is 250 g/mol. The van der Waals surface area contributed by atoms with Gasteiger partial charge in [0.15, 0.2) is 0 Å². The van der Waals surface area contributed by atoms with E-state index in [1.807, 2.05) is 6.07 Å². The number of hydrogen-bond donors (Lipinski definition) is 0. The van der Waals surface area contributed by atoms with Gasteiger partial charge in [0.1, 0.15) is 6.61 Å². The molecule has 0 bridgehead atoms. The molecule has 0 N–H and O–H groups in total. The molecule has 2 aromatic carbocycles. The van der Waals surface area contributed by atoms with Crippen LogP contribution in [0.15, 0.2) is 42.5 Å². The fourth-order valence-electron chi connectivity index (χ4n) is 2.71. The van der Waals surface area contributed by atoms with Gasteiger partial charge in [-0.05, 0) is 24.6 Å². The molecule has 0 fully saturated rings. The first-order valence-electron chi connectivity index (χ1n) is 6.84. The number of ether oxygens (including phenoxy) is 1. The summed E-state index contributed by atoms with van der Waals surface area (Å²) >= 11 is 0. The minimum absolute atomic E-state index is 0.249. The average Bonchev–Trinajstić information content (AvgIpc) is 2.78. The van der Waals surface area contributed by atoms with Crippen LogP contribution in [0.25, 0.3) is 21.8 Å². The highest BCUT2D eigenvalue weighted by Gasteiger charge is 2.09. The van der Waals surface area contributed by atoms with Gasteiger partial charge in [0.05, 0.1) is 0 Å². The molecule has 0 aliphatic rings. The quantitative estimate of drug-likeness (QED) is 0.674. The van der Waals surface area contributed by atoms with Gasteiger partial charge in [-0.15, -0.1) is 0 Å². The molecular formula is C17H17NO2. The van der Waals surface area contributed by atoms with E-state index in [9.17, 15) is 4.79 Å². The molecule has 3 nitrogen and oxygen atoms in total. The lowest BCUT2D eigenvalue weighted by atomic mass is 10.1. The van der Waals surface area contributed by atoms with Crippen molar-refractivity contribution in [3.05, 3.63) is 48.0 Å². The van der Waals surface area contributed by atoms with Crippen LogP contribution < -0.4 is 0 Å². The monoisotopic (exact) mass is 267 g/mol. The number of esters is 1. The number of fused-ring (bicyclic) bond motifs is 3. The van der Waals surface area contributed by atoms with Crippen LogP contribution in [-0.4, -0.2) is 10.5 Å². The van der Waals surface area contributed by atoms with Crippen LogP contribution >= 0.6 is 0 Å². The minimum Gasteiger partial charge on any atom is -0.461 e. The number of carbonyl (C=O) groups excluding carboxylic acids is 1. The number of para-hydroxylation sites is 1. The lowest BCUT2D eigenvalue weighted by molar-refractivity contribution is -0.142. The molecule has 0 aliphatic carbocycles. The molecule has 20 heavy (non-hydrogen) atoms. The first-order valence-corrected chi connectivity index (χ1v) is 6.84. The molecule has 102 valence electrons. The van der Waals surface area contributed by atoms with Gasteiger partial charge >= 0.3 is 5.97 Å². The smallest absolute Gasteiger partial charge is 0.302 e. The zero-order chi connectivity index (χ0) is 14.1. The van der Waals surface area contributed by atoms with Crippen molar-refractivity contribution in [1.82, 2.24) is 4.57 Å². The number of aromatic nitrogens is 1. The van der Waals surface area contributed by atoms with Crippen LogP contribution in [0.3, 0.4) is 0 Å². The summed E-state index contributed by atoms with van der Waals surface area (Å²) in [6.07, 6.45) is 0. The number of nitrogens with zero attached hydrogens (tertiary/aromatic N) is 1. The number of aryl methyl sites for hydroxylation is 1. The third-order valence-corrected chi connectivity index (χ3v) is 3.60. The molecule has 0 atom stereocenters. The summed E-state index contributed by atoms with van der Waals surface area (Å²) in [5.74, 6) is -0.249. The Bertz CT molecular complexity index is 786. The molecule has 0 amide bonds. The van der Waals surface area contributed by atoms with Crippen molar-refractivity contribution in [2.75, 3.05) is 0 Å². The predicted octanol–water partition coefficient (Wildman–Crippen LogP) is 3.88. The summed E-state index contributed by atoms with van der Waals surface area (Å²) < 4.78 is 7.37. The average molecular weight is 267 g/mol. The first-order chi connectivity index (χ1) is 9.70. The second-order valence-corrected chi connectivity index (χ2v) is 4.89. The molecule has 0 unspecified atom stereocenters. The highest BCUT2D eigenvalue weighted by molar-refractivity contribution is 6.08. The zero-order valence-electron chi connectivity index (χ0n) is 11.7. The Labute approximate surface area is 117 Å². The predicted molar refractivity (Wildman–Crippen MR) is 80.6 cm³/mol. The molecule has 3 aromatic rings. The number of benzene rings is 2. The van der Waals surface area contributed by atoms with Gasteiger partial charge < -0.3 is 9.30 Å². The van der Waals surface area contributed by atoms with E-state index in [4.69, 9.17) is 4.74 Å². The van der Waals surface area contributed by atoms with Gasteiger partial charge in [0.2, 0.25) is 0 Å². The van der Waals surface area contributed by atoms with Crippen LogP contribution in [0.1, 0.15) is 19.4 Å². The van der Waals surface area contributed by atoms with E-state index in [1.165, 1.54) is 28.7 Å². The fourth-order valence-corrected chi connectivity index (χ4v) is 2.71. The van der Waals surface area contributed by atoms with Crippen molar-refractivity contribution in [3.8, 4) is 0 Å². The van der Waals surface area contributed by atoms with E-state index in [-0.39, 0.29) is 5.97 Å². The van der Waals surface area contributed by atoms with E-state index in [1.54, 1.807) is 0 Å². The Hall–Kier alpha value is -2.29. The third-order valence-electron chi connectivity index (χ3n) is 3.60. The van der Waals surface area contributed by atoms with E-state index >= 15 is 0 Å². The molecule has 0 spiro atoms. The van der Waals surface area contributed by atoms with Gasteiger partial charge in [0, 0.05) is 35.3 Å². The van der Waals surface area contributed by atoms with Crippen molar-refractivity contribution in [1.29, 1.82) is 0 Å². The molecule has 0 saturated heterocycles. The molecule has 0 radical (unpaired) electrons. The van der Waals surface area contributed by atoms with Crippen LogP contribution in [0.5, 0.6) is 0 Å². The van der Waals surface area contributed by atoms with E-state index in [0.29, 0.717) is 6.61 Å². The summed E-state index contributed by atoms with van der Waals surface area (Å²) in [5.41, 5.74) is 3.46. The third kappa shape index (κ3) is 2.05. The summed E-state index contributed by atoms with van der Waals surface area (Å²) in [5, 5.41) is 2.51. The second kappa shape index (κ2) is 5.00. The maximum absolute atomic E-state index is 10.9. The largest absolute Gasteiger partial charge is 0.461 e. The Balaban J connectivity index is 2.17. The van der Waals surface area contributed by atoms with Gasteiger partial charge in [-0.25, -0.2) is 0 Å². The van der Waals surface area contributed by atoms with Gasteiger partial charge in [-0.1, -0.05) is 30.3 Å². The molecule has 0 saturated carbocycles. The Morgan fingerprint density at radius 2 is 1.85 bits per heavy atom. The normalized spacial score (nSPS) is 11.1. The zero-order valence-corrected chi connectivity index (χ0v) is 11.7. The van der Waals surface area contributed by atoms with E-state index < -0.39 is 0 Å². The van der Waals surface area contributed by atoms with Crippen molar-refractivity contribution >= 4 is 27.8 Å². The lowest BCUT2D eigenvalue weighted by Gasteiger charge is -2.05. The van der Waals surface area contributed by atoms with Crippen molar-refractivity contribution < 1.29 is 9.53 Å². The molecule has 1 heterocycles. The Kier molecular flexibility index (Phi) is 3.18. The highest BCUT2D eigenvalue weighted by atomic mass is 16.5. The van der Waals surface area contributed by atoms with Crippen molar-refractivity contribution in [2.24, 2.45) is 0 Å². The van der Waals surface area contributed by atoms with Crippen molar-refractivity contribution in [2.45, 2.75) is 27.0 Å². The topological polar surface area (TPSA) is 31.2 Å². The molecule has 1 aromatic heterocycles. The Morgan fingerprint density at radius 1 is 1.10 bits per heavy atom. The first kappa shape index (κ1) is 12.7. The molecule has 3 rings (SSSR count). The Morgan fingerprint density at radius 3 is 2.60 bits per heavy atom. The lowest BCUT2D eigenvalue weighted by Crippen LogP contribution is -1.99. The number of rotatable bonds is 3. The fraction of sp³-hybridized carbons (Fsp3) is 0.235. The van der Waals surface area contributed by atoms with Gasteiger partial charge in [-0.3, -0.25) is 4.79 Å². The maximum Gasteiger partial charge on any atom is 0.302 e. The maximum atomic E-state index is 10.9.